The Kier molecular flexibility index (Phi) is 9.92. The fraction of sp³-hybridized carbons (Fsp3) is 0.306. The highest BCUT2D eigenvalue weighted by molar-refractivity contribution is 5.95. The highest BCUT2D eigenvalue weighted by Gasteiger charge is 2.21. The summed E-state index contributed by atoms with van der Waals surface area (Å²) in [6.07, 6.45) is 4.52. The first kappa shape index (κ1) is 30.8. The van der Waals surface area contributed by atoms with Crippen molar-refractivity contribution < 1.29 is 24.6 Å². The molecule has 1 saturated carbocycles. The van der Waals surface area contributed by atoms with Gasteiger partial charge in [0.1, 0.15) is 0 Å². The number of fused-ring (bicyclic) bond motifs is 1. The molecule has 0 spiro atoms. The second-order valence-corrected chi connectivity index (χ2v) is 11.6. The van der Waals surface area contributed by atoms with E-state index in [0.29, 0.717) is 11.5 Å². The Balaban J connectivity index is 1.34. The average molecular weight is 594 g/mol. The van der Waals surface area contributed by atoms with Gasteiger partial charge in [-0.05, 0) is 83.5 Å². The Labute approximate surface area is 257 Å². The second-order valence-electron chi connectivity index (χ2n) is 11.6. The van der Waals surface area contributed by atoms with Crippen LogP contribution in [0.5, 0.6) is 0 Å². The summed E-state index contributed by atoms with van der Waals surface area (Å²) in [6.45, 7) is 1.86. The number of aliphatic hydroxyl groups is 1. The standard InChI is InChI=1S/C36H39N3O5/c1-24(30-16-15-27-9-5-6-10-31(27)21-30)38-36(44)39(32-19-17-28(18-20-32)26-7-3-2-4-8-26)23-25-11-13-29(14-12-25)34(41)37-22-33(40)35(42)43/h5-6,9-21,24,26,33,40H,2-4,7-8,22-23H2,1H3,(H,37,41)(H,38,44)(H,42,43)/t24?,33-/m1/s1. The predicted molar refractivity (Wildman–Crippen MR) is 172 cm³/mol. The van der Waals surface area contributed by atoms with Gasteiger partial charge in [-0.1, -0.05) is 79.9 Å². The quantitative estimate of drug-likeness (QED) is 0.167. The Morgan fingerprint density at radius 2 is 1.55 bits per heavy atom. The van der Waals surface area contributed by atoms with Crippen LogP contribution in [-0.4, -0.2) is 40.8 Å². The van der Waals surface area contributed by atoms with Gasteiger partial charge in [0.2, 0.25) is 0 Å². The molecule has 0 bridgehead atoms. The third kappa shape index (κ3) is 7.63. The largest absolute Gasteiger partial charge is 0.479 e. The summed E-state index contributed by atoms with van der Waals surface area (Å²) in [7, 11) is 0. The number of aliphatic carboxylic acids is 1. The molecule has 1 aliphatic carbocycles. The van der Waals surface area contributed by atoms with Gasteiger partial charge in [0.25, 0.3) is 5.91 Å². The van der Waals surface area contributed by atoms with E-state index in [9.17, 15) is 19.5 Å². The highest BCUT2D eigenvalue weighted by atomic mass is 16.4. The number of nitrogens with zero attached hydrogens (tertiary/aromatic N) is 1. The third-order valence-corrected chi connectivity index (χ3v) is 8.44. The fourth-order valence-electron chi connectivity index (χ4n) is 5.79. The number of carboxylic acids is 1. The van der Waals surface area contributed by atoms with E-state index >= 15 is 0 Å². The SMILES string of the molecule is CC(NC(=O)N(Cc1ccc(C(=O)NC[C@@H](O)C(=O)O)cc1)c1ccc(C2CCCCC2)cc1)c1ccc2ccccc2c1. The monoisotopic (exact) mass is 593 g/mol. The Morgan fingerprint density at radius 3 is 2.23 bits per heavy atom. The molecule has 0 aromatic heterocycles. The number of carbonyl (C=O) groups excluding carboxylic acids is 2. The van der Waals surface area contributed by atoms with Gasteiger partial charge in [-0.25, -0.2) is 9.59 Å². The number of amides is 3. The number of hydrogen-bond donors (Lipinski definition) is 4. The van der Waals surface area contributed by atoms with Crippen molar-refractivity contribution in [2.24, 2.45) is 0 Å². The van der Waals surface area contributed by atoms with Gasteiger partial charge in [0.15, 0.2) is 6.10 Å². The average Bonchev–Trinajstić information content (AvgIpc) is 3.06. The van der Waals surface area contributed by atoms with E-state index in [1.54, 1.807) is 29.2 Å². The Hall–Kier alpha value is -4.69. The molecule has 1 unspecified atom stereocenters. The first-order valence-electron chi connectivity index (χ1n) is 15.2. The normalized spacial score (nSPS) is 14.9. The zero-order valence-corrected chi connectivity index (χ0v) is 24.9. The topological polar surface area (TPSA) is 119 Å². The van der Waals surface area contributed by atoms with Gasteiger partial charge >= 0.3 is 12.0 Å². The van der Waals surface area contributed by atoms with E-state index < -0.39 is 24.5 Å². The van der Waals surface area contributed by atoms with Crippen molar-refractivity contribution in [3.05, 3.63) is 113 Å². The summed E-state index contributed by atoms with van der Waals surface area (Å²) >= 11 is 0. The number of nitrogens with one attached hydrogen (secondary N) is 2. The van der Waals surface area contributed by atoms with Crippen LogP contribution in [0.2, 0.25) is 0 Å². The number of aliphatic hydroxyl groups excluding tert-OH is 1. The Morgan fingerprint density at radius 1 is 0.864 bits per heavy atom. The molecule has 2 atom stereocenters. The molecule has 4 aromatic carbocycles. The molecule has 0 aliphatic heterocycles. The molecule has 1 fully saturated rings. The fourth-order valence-corrected chi connectivity index (χ4v) is 5.79. The van der Waals surface area contributed by atoms with Crippen LogP contribution in [0.4, 0.5) is 10.5 Å². The number of carboxylic acid groups (broad SMARTS) is 1. The lowest BCUT2D eigenvalue weighted by Gasteiger charge is -2.27. The summed E-state index contributed by atoms with van der Waals surface area (Å²) in [5, 5.41) is 26.1. The molecule has 4 N–H and O–H groups in total. The molecule has 8 nitrogen and oxygen atoms in total. The molecule has 0 heterocycles. The van der Waals surface area contributed by atoms with Crippen molar-refractivity contribution in [1.29, 1.82) is 0 Å². The van der Waals surface area contributed by atoms with E-state index in [0.717, 1.165) is 27.6 Å². The van der Waals surface area contributed by atoms with E-state index in [4.69, 9.17) is 5.11 Å². The van der Waals surface area contributed by atoms with Crippen molar-refractivity contribution in [2.45, 2.75) is 63.6 Å². The lowest BCUT2D eigenvalue weighted by molar-refractivity contribution is -0.146. The van der Waals surface area contributed by atoms with E-state index in [2.05, 4.69) is 47.0 Å². The number of anilines is 1. The first-order chi connectivity index (χ1) is 21.3. The lowest BCUT2D eigenvalue weighted by Crippen LogP contribution is -2.40. The summed E-state index contributed by atoms with van der Waals surface area (Å²) in [5.74, 6) is -1.34. The number of rotatable bonds is 10. The van der Waals surface area contributed by atoms with Crippen LogP contribution in [0, 0.1) is 0 Å². The molecular weight excluding hydrogens is 554 g/mol. The minimum Gasteiger partial charge on any atom is -0.479 e. The molecule has 0 radical (unpaired) electrons. The molecule has 8 heteroatoms. The predicted octanol–water partition coefficient (Wildman–Crippen LogP) is 6.54. The van der Waals surface area contributed by atoms with E-state index in [1.165, 1.54) is 37.7 Å². The lowest BCUT2D eigenvalue weighted by atomic mass is 9.84. The van der Waals surface area contributed by atoms with Gasteiger partial charge in [0, 0.05) is 11.3 Å². The minimum atomic E-state index is -1.67. The summed E-state index contributed by atoms with van der Waals surface area (Å²) in [4.78, 5) is 38.8. The highest BCUT2D eigenvalue weighted by Crippen LogP contribution is 2.33. The number of benzene rings is 4. The summed E-state index contributed by atoms with van der Waals surface area (Å²) in [5.41, 5.74) is 4.23. The van der Waals surface area contributed by atoms with Crippen LogP contribution >= 0.6 is 0 Å². The smallest absolute Gasteiger partial charge is 0.334 e. The number of urea groups is 1. The molecule has 1 aliphatic rings. The third-order valence-electron chi connectivity index (χ3n) is 8.44. The maximum absolute atomic E-state index is 13.8. The van der Waals surface area contributed by atoms with Crippen molar-refractivity contribution in [2.75, 3.05) is 11.4 Å². The molecule has 5 rings (SSSR count). The van der Waals surface area contributed by atoms with Gasteiger partial charge in [-0.3, -0.25) is 9.69 Å². The van der Waals surface area contributed by atoms with Crippen LogP contribution in [-0.2, 0) is 11.3 Å². The Bertz CT molecular complexity index is 1600. The van der Waals surface area contributed by atoms with Crippen molar-refractivity contribution in [3.63, 3.8) is 0 Å². The molecule has 0 saturated heterocycles. The molecule has 3 amide bonds. The molecule has 228 valence electrons. The van der Waals surface area contributed by atoms with Crippen molar-refractivity contribution in [1.82, 2.24) is 10.6 Å². The van der Waals surface area contributed by atoms with Crippen molar-refractivity contribution in [3.8, 4) is 0 Å². The zero-order chi connectivity index (χ0) is 31.1. The molecular formula is C36H39N3O5. The second kappa shape index (κ2) is 14.2. The van der Waals surface area contributed by atoms with Crippen LogP contribution in [0.15, 0.2) is 91.0 Å². The number of hydrogen-bond acceptors (Lipinski definition) is 4. The van der Waals surface area contributed by atoms with Gasteiger partial charge in [-0.15, -0.1) is 0 Å². The first-order valence-corrected chi connectivity index (χ1v) is 15.2. The van der Waals surface area contributed by atoms with Gasteiger partial charge in [-0.2, -0.15) is 0 Å². The zero-order valence-electron chi connectivity index (χ0n) is 24.9. The maximum atomic E-state index is 13.8. The van der Waals surface area contributed by atoms with E-state index in [1.807, 2.05) is 37.3 Å². The molecule has 44 heavy (non-hydrogen) atoms. The van der Waals surface area contributed by atoms with Crippen LogP contribution in [0.3, 0.4) is 0 Å². The summed E-state index contributed by atoms with van der Waals surface area (Å²) < 4.78 is 0. The van der Waals surface area contributed by atoms with Crippen LogP contribution < -0.4 is 15.5 Å². The van der Waals surface area contributed by atoms with Crippen molar-refractivity contribution >= 4 is 34.4 Å². The van der Waals surface area contributed by atoms with E-state index in [-0.39, 0.29) is 18.6 Å². The van der Waals surface area contributed by atoms with Crippen LogP contribution in [0.1, 0.15) is 78.0 Å². The van der Waals surface area contributed by atoms with Crippen LogP contribution in [0.25, 0.3) is 10.8 Å². The van der Waals surface area contributed by atoms with Gasteiger partial charge in [0.05, 0.1) is 19.1 Å². The minimum absolute atomic E-state index is 0.233. The summed E-state index contributed by atoms with van der Waals surface area (Å²) in [6, 6.07) is 29.0. The van der Waals surface area contributed by atoms with Gasteiger partial charge < -0.3 is 20.8 Å². The molecule has 4 aromatic rings. The maximum Gasteiger partial charge on any atom is 0.334 e. The number of carbonyl (C=O) groups is 3.